The number of alkyl halides is 3. The van der Waals surface area contributed by atoms with Gasteiger partial charge in [0.05, 0.1) is 5.56 Å². The first-order chi connectivity index (χ1) is 7.95. The van der Waals surface area contributed by atoms with Gasteiger partial charge in [-0.1, -0.05) is 12.1 Å². The molecule has 0 fully saturated rings. The average molecular weight is 256 g/mol. The Morgan fingerprint density at radius 3 is 2.12 bits per heavy atom. The first kappa shape index (κ1) is 12.2. The second kappa shape index (κ2) is 4.53. The van der Waals surface area contributed by atoms with Crippen LogP contribution in [0.25, 0.3) is 0 Å². The predicted molar refractivity (Wildman–Crippen MR) is 63.3 cm³/mol. The van der Waals surface area contributed by atoms with Crippen LogP contribution in [0.1, 0.15) is 20.9 Å². The predicted octanol–water partition coefficient (Wildman–Crippen LogP) is 4.67. The molecule has 0 radical (unpaired) electrons. The Bertz CT molecular complexity index is 494. The van der Waals surface area contributed by atoms with Crippen LogP contribution in [0.2, 0.25) is 0 Å². The molecular weight excluding hydrogens is 245 g/mol. The summed E-state index contributed by atoms with van der Waals surface area (Å²) in [4.78, 5) is 2.38. The van der Waals surface area contributed by atoms with Gasteiger partial charge in [-0.15, -0.1) is 11.3 Å². The van der Waals surface area contributed by atoms with Crippen LogP contribution in [0.3, 0.4) is 0 Å². The van der Waals surface area contributed by atoms with Gasteiger partial charge in [0.1, 0.15) is 0 Å². The topological polar surface area (TPSA) is 0 Å². The lowest BCUT2D eigenvalue weighted by Gasteiger charge is -2.07. The fraction of sp³-hybridized carbons (Fsp3) is 0.231. The molecular formula is C13H11F3S. The molecule has 0 saturated carbocycles. The molecule has 2 aromatic rings. The van der Waals surface area contributed by atoms with E-state index in [0.717, 1.165) is 17.7 Å². The van der Waals surface area contributed by atoms with Gasteiger partial charge in [0, 0.05) is 16.2 Å². The molecule has 0 atom stereocenters. The lowest BCUT2D eigenvalue weighted by molar-refractivity contribution is -0.137. The van der Waals surface area contributed by atoms with Crippen molar-refractivity contribution >= 4 is 11.3 Å². The summed E-state index contributed by atoms with van der Waals surface area (Å²) in [5.41, 5.74) is 0.309. The van der Waals surface area contributed by atoms with Crippen molar-refractivity contribution in [2.75, 3.05) is 0 Å². The molecule has 0 aliphatic heterocycles. The summed E-state index contributed by atoms with van der Waals surface area (Å²) in [6.45, 7) is 2.01. The lowest BCUT2D eigenvalue weighted by Crippen LogP contribution is -2.04. The zero-order valence-electron chi connectivity index (χ0n) is 9.21. The van der Waals surface area contributed by atoms with Crippen molar-refractivity contribution in [1.29, 1.82) is 0 Å². The quantitative estimate of drug-likeness (QED) is 0.732. The second-order valence-electron chi connectivity index (χ2n) is 3.88. The van der Waals surface area contributed by atoms with Gasteiger partial charge in [-0.25, -0.2) is 0 Å². The number of rotatable bonds is 2. The number of halogens is 3. The third-order valence-electron chi connectivity index (χ3n) is 2.46. The van der Waals surface area contributed by atoms with Crippen molar-refractivity contribution in [1.82, 2.24) is 0 Å². The maximum atomic E-state index is 12.4. The van der Waals surface area contributed by atoms with E-state index in [2.05, 4.69) is 0 Å². The minimum Gasteiger partial charge on any atom is -0.166 e. The first-order valence-electron chi connectivity index (χ1n) is 5.16. The molecule has 0 amide bonds. The minimum atomic E-state index is -4.25. The molecule has 1 aromatic carbocycles. The van der Waals surface area contributed by atoms with Gasteiger partial charge in [0.2, 0.25) is 0 Å². The van der Waals surface area contributed by atoms with E-state index in [1.807, 2.05) is 19.1 Å². The van der Waals surface area contributed by atoms with Crippen LogP contribution in [-0.4, -0.2) is 0 Å². The normalized spacial score (nSPS) is 11.8. The third-order valence-corrected chi connectivity index (χ3v) is 3.46. The number of benzene rings is 1. The maximum Gasteiger partial charge on any atom is 0.416 e. The van der Waals surface area contributed by atoms with Crippen LogP contribution in [0.4, 0.5) is 13.2 Å². The van der Waals surface area contributed by atoms with Gasteiger partial charge in [-0.3, -0.25) is 0 Å². The van der Waals surface area contributed by atoms with E-state index in [1.165, 1.54) is 21.9 Å². The molecule has 1 aromatic heterocycles. The molecule has 0 bridgehead atoms. The molecule has 1 heterocycles. The molecule has 4 heteroatoms. The Morgan fingerprint density at radius 2 is 1.65 bits per heavy atom. The van der Waals surface area contributed by atoms with Crippen molar-refractivity contribution in [2.45, 2.75) is 19.5 Å². The third kappa shape index (κ3) is 3.09. The molecule has 0 N–H and O–H groups in total. The van der Waals surface area contributed by atoms with Crippen LogP contribution in [0, 0.1) is 6.92 Å². The molecule has 17 heavy (non-hydrogen) atoms. The summed E-state index contributed by atoms with van der Waals surface area (Å²) in [7, 11) is 0. The van der Waals surface area contributed by atoms with Gasteiger partial charge in [-0.2, -0.15) is 13.2 Å². The van der Waals surface area contributed by atoms with E-state index >= 15 is 0 Å². The Hall–Kier alpha value is -1.29. The minimum absolute atomic E-state index is 0.594. The van der Waals surface area contributed by atoms with Gasteiger partial charge >= 0.3 is 6.18 Å². The van der Waals surface area contributed by atoms with Crippen molar-refractivity contribution in [2.24, 2.45) is 0 Å². The van der Waals surface area contributed by atoms with Gasteiger partial charge in [0.15, 0.2) is 0 Å². The van der Waals surface area contributed by atoms with Gasteiger partial charge in [0.25, 0.3) is 0 Å². The van der Waals surface area contributed by atoms with Crippen LogP contribution < -0.4 is 0 Å². The highest BCUT2D eigenvalue weighted by Crippen LogP contribution is 2.29. The second-order valence-corrected chi connectivity index (χ2v) is 5.26. The van der Waals surface area contributed by atoms with Crippen LogP contribution in [-0.2, 0) is 12.6 Å². The highest BCUT2D eigenvalue weighted by molar-refractivity contribution is 7.11. The van der Waals surface area contributed by atoms with Crippen molar-refractivity contribution < 1.29 is 13.2 Å². The Balaban J connectivity index is 2.13. The highest BCUT2D eigenvalue weighted by Gasteiger charge is 2.29. The molecule has 0 unspecified atom stereocenters. The summed E-state index contributed by atoms with van der Waals surface area (Å²) in [5, 5.41) is 0. The largest absolute Gasteiger partial charge is 0.416 e. The average Bonchev–Trinajstić information content (AvgIpc) is 2.63. The van der Waals surface area contributed by atoms with Crippen molar-refractivity contribution in [3.8, 4) is 0 Å². The summed E-state index contributed by atoms with van der Waals surface area (Å²) >= 11 is 1.67. The fourth-order valence-electron chi connectivity index (χ4n) is 1.59. The SMILES string of the molecule is Cc1ccc(Cc2ccc(C(F)(F)F)cc2)s1. The number of aryl methyl sites for hydroxylation is 1. The summed E-state index contributed by atoms with van der Waals surface area (Å²) in [5.74, 6) is 0. The number of hydrogen-bond acceptors (Lipinski definition) is 1. The Morgan fingerprint density at radius 1 is 1.00 bits per heavy atom. The smallest absolute Gasteiger partial charge is 0.166 e. The van der Waals surface area contributed by atoms with E-state index in [1.54, 1.807) is 11.3 Å². The molecule has 0 nitrogen and oxygen atoms in total. The van der Waals surface area contributed by atoms with E-state index in [4.69, 9.17) is 0 Å². The Kier molecular flexibility index (Phi) is 3.24. The van der Waals surface area contributed by atoms with Crippen LogP contribution in [0.5, 0.6) is 0 Å². The zero-order chi connectivity index (χ0) is 12.5. The maximum absolute atomic E-state index is 12.4. The van der Waals surface area contributed by atoms with Gasteiger partial charge < -0.3 is 0 Å². The van der Waals surface area contributed by atoms with Crippen LogP contribution in [0.15, 0.2) is 36.4 Å². The highest BCUT2D eigenvalue weighted by atomic mass is 32.1. The Labute approximate surface area is 102 Å². The van der Waals surface area contributed by atoms with Crippen molar-refractivity contribution in [3.05, 3.63) is 57.3 Å². The van der Waals surface area contributed by atoms with Crippen LogP contribution >= 0.6 is 11.3 Å². The lowest BCUT2D eigenvalue weighted by atomic mass is 10.1. The van der Waals surface area contributed by atoms with E-state index in [0.29, 0.717) is 6.42 Å². The standard InChI is InChI=1S/C13H11F3S/c1-9-2-7-12(17-9)8-10-3-5-11(6-4-10)13(14,15)16/h2-7H,8H2,1H3. The monoisotopic (exact) mass is 256 g/mol. The van der Waals surface area contributed by atoms with Gasteiger partial charge in [-0.05, 0) is 36.8 Å². The van der Waals surface area contributed by atoms with E-state index in [9.17, 15) is 13.2 Å². The molecule has 2 rings (SSSR count). The van der Waals surface area contributed by atoms with E-state index < -0.39 is 11.7 Å². The molecule has 0 spiro atoms. The molecule has 0 aliphatic carbocycles. The fourth-order valence-corrected chi connectivity index (χ4v) is 2.52. The number of thiophene rings is 1. The molecule has 0 saturated heterocycles. The van der Waals surface area contributed by atoms with Crippen molar-refractivity contribution in [3.63, 3.8) is 0 Å². The summed E-state index contributed by atoms with van der Waals surface area (Å²) in [6.07, 6.45) is -3.56. The zero-order valence-corrected chi connectivity index (χ0v) is 10.0. The summed E-state index contributed by atoms with van der Waals surface area (Å²) in [6, 6.07) is 9.38. The summed E-state index contributed by atoms with van der Waals surface area (Å²) < 4.78 is 37.1. The molecule has 90 valence electrons. The first-order valence-corrected chi connectivity index (χ1v) is 5.98. The molecule has 0 aliphatic rings. The number of hydrogen-bond donors (Lipinski definition) is 0. The van der Waals surface area contributed by atoms with E-state index in [-0.39, 0.29) is 0 Å².